The van der Waals surface area contributed by atoms with Gasteiger partial charge in [-0.2, -0.15) is 0 Å². The van der Waals surface area contributed by atoms with Crippen LogP contribution in [-0.4, -0.2) is 34.5 Å². The summed E-state index contributed by atoms with van der Waals surface area (Å²) < 4.78 is 0. The van der Waals surface area contributed by atoms with Crippen LogP contribution in [0.3, 0.4) is 0 Å². The number of hydrogen-bond acceptors (Lipinski definition) is 2. The summed E-state index contributed by atoms with van der Waals surface area (Å²) >= 11 is 0. The Hall–Kier alpha value is -1.32. The van der Waals surface area contributed by atoms with Gasteiger partial charge in [-0.25, -0.2) is 4.79 Å². The second kappa shape index (κ2) is 5.84. The van der Waals surface area contributed by atoms with E-state index in [1.165, 1.54) is 4.90 Å². The normalized spacial score (nSPS) is 22.0. The molecule has 0 saturated carbocycles. The first-order chi connectivity index (χ1) is 7.93. The number of carbonyl (C=O) groups excluding carboxylic acids is 1. The Bertz CT molecular complexity index is 325. The van der Waals surface area contributed by atoms with E-state index in [0.29, 0.717) is 19.4 Å². The molecule has 0 aromatic rings. The summed E-state index contributed by atoms with van der Waals surface area (Å²) in [6.45, 7) is 8.08. The average Bonchev–Trinajstić information content (AvgIpc) is 2.27. The fourth-order valence-electron chi connectivity index (χ4n) is 2.35. The van der Waals surface area contributed by atoms with Crippen molar-refractivity contribution in [1.29, 1.82) is 0 Å². The second-order valence-corrected chi connectivity index (χ2v) is 4.94. The molecule has 1 saturated heterocycles. The first-order valence-corrected chi connectivity index (χ1v) is 6.11. The van der Waals surface area contributed by atoms with Crippen molar-refractivity contribution in [2.45, 2.75) is 45.6 Å². The quantitative estimate of drug-likeness (QED) is 0.764. The van der Waals surface area contributed by atoms with Crippen molar-refractivity contribution in [3.05, 3.63) is 12.2 Å². The van der Waals surface area contributed by atoms with Gasteiger partial charge >= 0.3 is 5.97 Å². The number of carboxylic acid groups (broad SMARTS) is 1. The van der Waals surface area contributed by atoms with Crippen LogP contribution in [0.4, 0.5) is 0 Å². The van der Waals surface area contributed by atoms with Crippen LogP contribution in [0.1, 0.15) is 39.5 Å². The molecule has 4 nitrogen and oxygen atoms in total. The molecule has 0 aromatic carbocycles. The molecular weight excluding hydrogens is 218 g/mol. The number of allylic oxidation sites excluding steroid dienone is 1. The minimum Gasteiger partial charge on any atom is -0.480 e. The third-order valence-corrected chi connectivity index (χ3v) is 3.15. The summed E-state index contributed by atoms with van der Waals surface area (Å²) in [6.07, 6.45) is 2.98. The van der Waals surface area contributed by atoms with Crippen molar-refractivity contribution in [2.24, 2.45) is 5.92 Å². The van der Waals surface area contributed by atoms with E-state index in [1.54, 1.807) is 0 Å². The molecule has 0 radical (unpaired) electrons. The largest absolute Gasteiger partial charge is 0.480 e. The van der Waals surface area contributed by atoms with Crippen LogP contribution in [0.15, 0.2) is 12.2 Å². The SMILES string of the molecule is C=C(C)CC(C)C(=O)N1CCCC[C@@H]1C(=O)O. The molecule has 0 bridgehead atoms. The lowest BCUT2D eigenvalue weighted by molar-refractivity contribution is -0.153. The van der Waals surface area contributed by atoms with Gasteiger partial charge in [0.05, 0.1) is 0 Å². The molecule has 0 aromatic heterocycles. The van der Waals surface area contributed by atoms with E-state index in [2.05, 4.69) is 6.58 Å². The Morgan fingerprint density at radius 3 is 2.65 bits per heavy atom. The van der Waals surface area contributed by atoms with Gasteiger partial charge < -0.3 is 10.0 Å². The number of piperidine rings is 1. The number of carbonyl (C=O) groups is 2. The zero-order valence-corrected chi connectivity index (χ0v) is 10.6. The van der Waals surface area contributed by atoms with Crippen LogP contribution in [0, 0.1) is 5.92 Å². The third-order valence-electron chi connectivity index (χ3n) is 3.15. The minimum absolute atomic E-state index is 0.0555. The number of hydrogen-bond donors (Lipinski definition) is 1. The highest BCUT2D eigenvalue weighted by molar-refractivity contribution is 5.85. The summed E-state index contributed by atoms with van der Waals surface area (Å²) in [4.78, 5) is 24.8. The molecule has 17 heavy (non-hydrogen) atoms. The van der Waals surface area contributed by atoms with E-state index < -0.39 is 12.0 Å². The third kappa shape index (κ3) is 3.58. The molecule has 1 unspecified atom stereocenters. The van der Waals surface area contributed by atoms with Crippen molar-refractivity contribution in [2.75, 3.05) is 6.54 Å². The maximum atomic E-state index is 12.2. The van der Waals surface area contributed by atoms with Gasteiger partial charge in [0.1, 0.15) is 6.04 Å². The summed E-state index contributed by atoms with van der Waals surface area (Å²) in [5.74, 6) is -1.12. The molecular formula is C13H21NO3. The molecule has 1 amide bonds. The van der Waals surface area contributed by atoms with Crippen molar-refractivity contribution in [3.63, 3.8) is 0 Å². The number of amides is 1. The highest BCUT2D eigenvalue weighted by atomic mass is 16.4. The average molecular weight is 239 g/mol. The monoisotopic (exact) mass is 239 g/mol. The fraction of sp³-hybridized carbons (Fsp3) is 0.692. The lowest BCUT2D eigenvalue weighted by atomic mass is 9.97. The van der Waals surface area contributed by atoms with Crippen molar-refractivity contribution in [1.82, 2.24) is 4.90 Å². The number of aliphatic carboxylic acids is 1. The summed E-state index contributed by atoms with van der Waals surface area (Å²) in [7, 11) is 0. The van der Waals surface area contributed by atoms with Gasteiger partial charge in [-0.1, -0.05) is 12.5 Å². The van der Waals surface area contributed by atoms with Gasteiger partial charge in [0.15, 0.2) is 0 Å². The number of nitrogens with zero attached hydrogens (tertiary/aromatic N) is 1. The summed E-state index contributed by atoms with van der Waals surface area (Å²) in [5, 5.41) is 9.11. The first kappa shape index (κ1) is 13.7. The van der Waals surface area contributed by atoms with Gasteiger partial charge in [0, 0.05) is 12.5 Å². The molecule has 0 aliphatic carbocycles. The second-order valence-electron chi connectivity index (χ2n) is 4.94. The lowest BCUT2D eigenvalue weighted by Crippen LogP contribution is -2.49. The molecule has 1 aliphatic rings. The Labute approximate surface area is 102 Å². The van der Waals surface area contributed by atoms with Gasteiger partial charge in [-0.15, -0.1) is 6.58 Å². The molecule has 1 heterocycles. The van der Waals surface area contributed by atoms with Gasteiger partial charge in [0.2, 0.25) is 5.91 Å². The van der Waals surface area contributed by atoms with Gasteiger partial charge in [-0.05, 0) is 32.6 Å². The van der Waals surface area contributed by atoms with E-state index in [9.17, 15) is 9.59 Å². The number of carboxylic acids is 1. The predicted molar refractivity (Wildman–Crippen MR) is 65.6 cm³/mol. The lowest BCUT2D eigenvalue weighted by Gasteiger charge is -2.34. The molecule has 1 aliphatic heterocycles. The molecule has 1 N–H and O–H groups in total. The van der Waals surface area contributed by atoms with E-state index in [-0.39, 0.29) is 11.8 Å². The molecule has 96 valence electrons. The van der Waals surface area contributed by atoms with E-state index in [0.717, 1.165) is 18.4 Å². The maximum Gasteiger partial charge on any atom is 0.326 e. The van der Waals surface area contributed by atoms with Crippen LogP contribution in [-0.2, 0) is 9.59 Å². The van der Waals surface area contributed by atoms with Crippen LogP contribution < -0.4 is 0 Å². The van der Waals surface area contributed by atoms with Crippen molar-refractivity contribution in [3.8, 4) is 0 Å². The Kier molecular flexibility index (Phi) is 4.73. The zero-order valence-electron chi connectivity index (χ0n) is 10.6. The van der Waals surface area contributed by atoms with Gasteiger partial charge in [-0.3, -0.25) is 4.79 Å². The van der Waals surface area contributed by atoms with Crippen molar-refractivity contribution >= 4 is 11.9 Å². The molecule has 1 rings (SSSR count). The van der Waals surface area contributed by atoms with E-state index in [4.69, 9.17) is 5.11 Å². The smallest absolute Gasteiger partial charge is 0.326 e. The van der Waals surface area contributed by atoms with Crippen LogP contribution in [0.2, 0.25) is 0 Å². The highest BCUT2D eigenvalue weighted by Crippen LogP contribution is 2.21. The van der Waals surface area contributed by atoms with Crippen LogP contribution >= 0.6 is 0 Å². The minimum atomic E-state index is -0.888. The molecule has 1 fully saturated rings. The first-order valence-electron chi connectivity index (χ1n) is 6.11. The van der Waals surface area contributed by atoms with Crippen molar-refractivity contribution < 1.29 is 14.7 Å². The predicted octanol–water partition coefficient (Wildman–Crippen LogP) is 2.05. The van der Waals surface area contributed by atoms with E-state index in [1.807, 2.05) is 13.8 Å². The van der Waals surface area contributed by atoms with Gasteiger partial charge in [0.25, 0.3) is 0 Å². The zero-order chi connectivity index (χ0) is 13.0. The maximum absolute atomic E-state index is 12.2. The number of rotatable bonds is 4. The molecule has 0 spiro atoms. The standard InChI is InChI=1S/C13H21NO3/c1-9(2)8-10(3)12(15)14-7-5-4-6-11(14)13(16)17/h10-11H,1,4-8H2,2-3H3,(H,16,17)/t10?,11-/m1/s1. The van der Waals surface area contributed by atoms with Crippen LogP contribution in [0.5, 0.6) is 0 Å². The van der Waals surface area contributed by atoms with E-state index >= 15 is 0 Å². The molecule has 2 atom stereocenters. The molecule has 4 heteroatoms. The number of likely N-dealkylation sites (tertiary alicyclic amines) is 1. The Balaban J connectivity index is 2.70. The summed E-state index contributed by atoms with van der Waals surface area (Å²) in [5.41, 5.74) is 0.953. The van der Waals surface area contributed by atoms with Crippen LogP contribution in [0.25, 0.3) is 0 Å². The Morgan fingerprint density at radius 1 is 1.47 bits per heavy atom. The topological polar surface area (TPSA) is 57.6 Å². The Morgan fingerprint density at radius 2 is 2.12 bits per heavy atom. The fourth-order valence-corrected chi connectivity index (χ4v) is 2.35. The highest BCUT2D eigenvalue weighted by Gasteiger charge is 2.33. The summed E-state index contributed by atoms with van der Waals surface area (Å²) in [6, 6.07) is -0.635.